The molecule has 0 N–H and O–H groups in total. The third kappa shape index (κ3) is 7.76. The first-order valence-corrected chi connectivity index (χ1v) is 5.33. The van der Waals surface area contributed by atoms with Gasteiger partial charge in [0.25, 0.3) is 0 Å². The molecule has 0 spiro atoms. The molecule has 0 rings (SSSR count). The Kier molecular flexibility index (Phi) is 6.65. The van der Waals surface area contributed by atoms with Crippen LogP contribution in [0.25, 0.3) is 0 Å². The summed E-state index contributed by atoms with van der Waals surface area (Å²) in [5, 5.41) is 0. The van der Waals surface area contributed by atoms with Gasteiger partial charge in [0.15, 0.2) is 0 Å². The van der Waals surface area contributed by atoms with E-state index in [1.165, 1.54) is 0 Å². The molecule has 1 unspecified atom stereocenters. The number of hydrogen-bond donors (Lipinski definition) is 0. The topological polar surface area (TPSA) is 57.2 Å². The predicted molar refractivity (Wildman–Crippen MR) is 43.3 cm³/mol. The van der Waals surface area contributed by atoms with Gasteiger partial charge in [-0.25, -0.2) is 8.42 Å². The minimum atomic E-state index is -4.17. The van der Waals surface area contributed by atoms with Gasteiger partial charge >= 0.3 is 29.6 Å². The average Bonchev–Trinajstić information content (AvgIpc) is 1.56. The van der Waals surface area contributed by atoms with Crippen LogP contribution in [0.4, 0.5) is 0 Å². The molecule has 0 aliphatic rings. The van der Waals surface area contributed by atoms with Crippen LogP contribution in [0.3, 0.4) is 0 Å². The van der Waals surface area contributed by atoms with Gasteiger partial charge < -0.3 is 4.55 Å². The van der Waals surface area contributed by atoms with Crippen molar-refractivity contribution in [2.24, 2.45) is 5.41 Å². The van der Waals surface area contributed by atoms with E-state index in [0.717, 1.165) is 0 Å². The molecular formula is C6H12NaO3SSi. The maximum absolute atomic E-state index is 10.4. The van der Waals surface area contributed by atoms with Crippen molar-refractivity contribution < 1.29 is 42.5 Å². The summed E-state index contributed by atoms with van der Waals surface area (Å²) in [5.41, 5.74) is -0.149. The van der Waals surface area contributed by atoms with E-state index in [2.05, 4.69) is 10.2 Å². The van der Waals surface area contributed by atoms with Crippen LogP contribution >= 0.6 is 0 Å². The Hall–Kier alpha value is 1.13. The first-order chi connectivity index (χ1) is 4.63. The van der Waals surface area contributed by atoms with E-state index >= 15 is 0 Å². The van der Waals surface area contributed by atoms with Crippen LogP contribution in [0.1, 0.15) is 27.2 Å². The van der Waals surface area contributed by atoms with Crippen molar-refractivity contribution in [2.75, 3.05) is 0 Å². The second-order valence-corrected chi connectivity index (χ2v) is 6.42. The molecule has 0 aromatic rings. The van der Waals surface area contributed by atoms with Gasteiger partial charge in [-0.15, -0.1) is 0 Å². The summed E-state index contributed by atoms with van der Waals surface area (Å²) in [5.74, 6) is 0. The van der Waals surface area contributed by atoms with E-state index in [-0.39, 0.29) is 35.0 Å². The molecule has 0 aliphatic carbocycles. The molecule has 3 nitrogen and oxygen atoms in total. The van der Waals surface area contributed by atoms with E-state index < -0.39 is 15.0 Å². The molecule has 0 aromatic heterocycles. The molecule has 6 heteroatoms. The van der Waals surface area contributed by atoms with E-state index in [1.54, 1.807) is 0 Å². The van der Waals surface area contributed by atoms with Gasteiger partial charge in [-0.3, -0.25) is 0 Å². The standard InChI is InChI=1S/C6H13O3SSi.Na/c1-6(2,3)4-5(11)10(7,8)9;/h5H,4H2,1-3H3,(H,7,8,9);/q;+1/p-1. The predicted octanol–water partition coefficient (Wildman–Crippen LogP) is -2.53. The molecule has 0 aliphatic heterocycles. The van der Waals surface area contributed by atoms with Gasteiger partial charge in [-0.2, -0.15) is 0 Å². The van der Waals surface area contributed by atoms with E-state index in [4.69, 9.17) is 0 Å². The molecule has 0 amide bonds. The molecule has 0 saturated heterocycles. The van der Waals surface area contributed by atoms with Crippen LogP contribution < -0.4 is 29.6 Å². The van der Waals surface area contributed by atoms with Gasteiger partial charge in [0.2, 0.25) is 0 Å². The first kappa shape index (κ1) is 15.6. The summed E-state index contributed by atoms with van der Waals surface area (Å²) in [7, 11) is -1.29. The fourth-order valence-electron chi connectivity index (χ4n) is 0.658. The van der Waals surface area contributed by atoms with Gasteiger partial charge in [0.1, 0.15) is 0 Å². The van der Waals surface area contributed by atoms with Crippen LogP contribution in [0.15, 0.2) is 0 Å². The van der Waals surface area contributed by atoms with Crippen molar-refractivity contribution in [1.82, 2.24) is 0 Å². The quantitative estimate of drug-likeness (QED) is 0.377. The Labute approximate surface area is 99.8 Å². The fraction of sp³-hybridized carbons (Fsp3) is 1.00. The summed E-state index contributed by atoms with van der Waals surface area (Å²) < 4.78 is 31.2. The molecule has 0 saturated carbocycles. The maximum Gasteiger partial charge on any atom is 1.00 e. The van der Waals surface area contributed by atoms with E-state index in [0.29, 0.717) is 6.42 Å². The summed E-state index contributed by atoms with van der Waals surface area (Å²) in [6, 6.07) is 0. The minimum Gasteiger partial charge on any atom is -0.748 e. The molecule has 0 heterocycles. The Morgan fingerprint density at radius 2 is 1.75 bits per heavy atom. The van der Waals surface area contributed by atoms with Crippen molar-refractivity contribution in [1.29, 1.82) is 0 Å². The molecular weight excluding hydrogens is 203 g/mol. The summed E-state index contributed by atoms with van der Waals surface area (Å²) >= 11 is 0. The number of rotatable bonds is 2. The van der Waals surface area contributed by atoms with E-state index in [9.17, 15) is 13.0 Å². The maximum atomic E-state index is 10.4. The number of hydrogen-bond acceptors (Lipinski definition) is 3. The van der Waals surface area contributed by atoms with Crippen molar-refractivity contribution in [3.63, 3.8) is 0 Å². The summed E-state index contributed by atoms with van der Waals surface area (Å²) in [4.78, 5) is -0.970. The average molecular weight is 215 g/mol. The van der Waals surface area contributed by atoms with Gasteiger partial charge in [-0.1, -0.05) is 20.8 Å². The SMILES string of the molecule is CC(C)(C)CC([Si])S(=O)(=O)[O-].[Na+]. The fourth-order valence-corrected chi connectivity index (χ4v) is 1.97. The van der Waals surface area contributed by atoms with Gasteiger partial charge in [0.05, 0.1) is 10.1 Å². The molecule has 1 atom stereocenters. The summed E-state index contributed by atoms with van der Waals surface area (Å²) in [6.07, 6.45) is 0.329. The van der Waals surface area contributed by atoms with Crippen LogP contribution in [-0.2, 0) is 10.1 Å². The van der Waals surface area contributed by atoms with Crippen LogP contribution in [0.5, 0.6) is 0 Å². The smallest absolute Gasteiger partial charge is 0.748 e. The van der Waals surface area contributed by atoms with Crippen molar-refractivity contribution in [2.45, 2.75) is 32.1 Å². The zero-order chi connectivity index (χ0) is 9.28. The first-order valence-electron chi connectivity index (χ1n) is 3.29. The molecule has 0 aromatic carbocycles. The summed E-state index contributed by atoms with van der Waals surface area (Å²) in [6.45, 7) is 5.64. The zero-order valence-corrected chi connectivity index (χ0v) is 11.7. The Bertz CT molecular complexity index is 219. The normalized spacial score (nSPS) is 15.1. The third-order valence-electron chi connectivity index (χ3n) is 1.15. The molecule has 12 heavy (non-hydrogen) atoms. The Balaban J connectivity index is 0. The molecule has 3 radical (unpaired) electrons. The zero-order valence-electron chi connectivity index (χ0n) is 7.92. The second-order valence-electron chi connectivity index (χ2n) is 3.75. The van der Waals surface area contributed by atoms with Crippen molar-refractivity contribution >= 4 is 20.4 Å². The Morgan fingerprint density at radius 3 is 1.83 bits per heavy atom. The largest absolute Gasteiger partial charge is 1.00 e. The third-order valence-corrected chi connectivity index (χ3v) is 3.08. The van der Waals surface area contributed by atoms with Crippen LogP contribution in [0, 0.1) is 5.41 Å². The second kappa shape index (κ2) is 5.12. The molecule has 65 valence electrons. The Morgan fingerprint density at radius 1 is 1.42 bits per heavy atom. The van der Waals surface area contributed by atoms with Crippen LogP contribution in [-0.4, -0.2) is 28.1 Å². The van der Waals surface area contributed by atoms with Crippen molar-refractivity contribution in [3.05, 3.63) is 0 Å². The molecule has 0 bridgehead atoms. The van der Waals surface area contributed by atoms with Crippen molar-refractivity contribution in [3.8, 4) is 0 Å². The monoisotopic (exact) mass is 215 g/mol. The minimum absolute atomic E-state index is 0. The van der Waals surface area contributed by atoms with E-state index in [1.807, 2.05) is 20.8 Å². The van der Waals surface area contributed by atoms with Gasteiger partial charge in [0, 0.05) is 15.1 Å². The molecule has 0 fully saturated rings. The van der Waals surface area contributed by atoms with Crippen LogP contribution in [0.2, 0.25) is 0 Å². The van der Waals surface area contributed by atoms with Gasteiger partial charge in [-0.05, 0) is 11.8 Å².